The Morgan fingerprint density at radius 1 is 1.31 bits per heavy atom. The van der Waals surface area contributed by atoms with Gasteiger partial charge < -0.3 is 4.43 Å². The van der Waals surface area contributed by atoms with E-state index < -0.39 is 9.04 Å². The highest BCUT2D eigenvalue weighted by atomic mass is 79.9. The Morgan fingerprint density at radius 2 is 1.85 bits per heavy atom. The van der Waals surface area contributed by atoms with Crippen LogP contribution in [0.15, 0.2) is 12.2 Å². The summed E-state index contributed by atoms with van der Waals surface area (Å²) in [4.78, 5) is 0.354. The fourth-order valence-corrected chi connectivity index (χ4v) is 3.59. The van der Waals surface area contributed by atoms with Crippen molar-refractivity contribution in [3.8, 4) is 0 Å². The summed E-state index contributed by atoms with van der Waals surface area (Å²) in [6.07, 6.45) is 4.55. The summed E-state index contributed by atoms with van der Waals surface area (Å²) in [6.45, 7) is 10.9. The molecule has 78 valence electrons. The molecule has 1 nitrogen and oxygen atoms in total. The zero-order valence-corrected chi connectivity index (χ0v) is 12.0. The van der Waals surface area contributed by atoms with Crippen molar-refractivity contribution in [1.82, 2.24) is 0 Å². The Balaban J connectivity index is 4.23. The molecular formula is C10H21BrOSi. The van der Waals surface area contributed by atoms with Crippen LogP contribution in [0.25, 0.3) is 0 Å². The van der Waals surface area contributed by atoms with Gasteiger partial charge >= 0.3 is 0 Å². The zero-order chi connectivity index (χ0) is 10.4. The smallest absolute Gasteiger partial charge is 0.171 e. The van der Waals surface area contributed by atoms with Crippen LogP contribution in [-0.4, -0.2) is 20.0 Å². The molecule has 0 aliphatic rings. The average Bonchev–Trinajstić information content (AvgIpc) is 1.99. The molecule has 0 aliphatic carbocycles. The molecule has 0 aromatic carbocycles. The lowest BCUT2D eigenvalue weighted by Crippen LogP contribution is -2.32. The van der Waals surface area contributed by atoms with Gasteiger partial charge in [0, 0.05) is 0 Å². The van der Waals surface area contributed by atoms with Gasteiger partial charge in [-0.05, 0) is 25.9 Å². The van der Waals surface area contributed by atoms with E-state index in [-0.39, 0.29) is 0 Å². The lowest BCUT2D eigenvalue weighted by atomic mass is 10.0. The first kappa shape index (κ1) is 13.4. The predicted octanol–water partition coefficient (Wildman–Crippen LogP) is 3.35. The molecule has 0 N–H and O–H groups in total. The summed E-state index contributed by atoms with van der Waals surface area (Å²) in [5.74, 6) is 0.565. The molecule has 0 rings (SSSR count). The normalized spacial score (nSPS) is 17.2. The van der Waals surface area contributed by atoms with Crippen molar-refractivity contribution in [2.24, 2.45) is 5.92 Å². The van der Waals surface area contributed by atoms with Crippen molar-refractivity contribution in [2.45, 2.75) is 44.8 Å². The van der Waals surface area contributed by atoms with E-state index in [4.69, 9.17) is 4.43 Å². The molecule has 0 fully saturated rings. The number of hydrogen-bond acceptors (Lipinski definition) is 1. The average molecular weight is 265 g/mol. The first-order valence-electron chi connectivity index (χ1n) is 4.91. The van der Waals surface area contributed by atoms with Crippen LogP contribution >= 0.6 is 15.9 Å². The minimum atomic E-state index is -0.930. The third-order valence-corrected chi connectivity index (χ3v) is 3.46. The van der Waals surface area contributed by atoms with E-state index in [0.717, 1.165) is 0 Å². The van der Waals surface area contributed by atoms with Crippen molar-refractivity contribution >= 4 is 25.0 Å². The molecule has 0 spiro atoms. The van der Waals surface area contributed by atoms with Gasteiger partial charge in [-0.15, -0.1) is 0 Å². The zero-order valence-electron chi connectivity index (χ0n) is 9.25. The summed E-state index contributed by atoms with van der Waals surface area (Å²) in [6, 6.07) is 0. The first-order chi connectivity index (χ1) is 5.99. The van der Waals surface area contributed by atoms with Crippen molar-refractivity contribution in [3.05, 3.63) is 12.2 Å². The summed E-state index contributed by atoms with van der Waals surface area (Å²) >= 11 is 3.64. The van der Waals surface area contributed by atoms with Gasteiger partial charge in [-0.2, -0.15) is 0 Å². The van der Waals surface area contributed by atoms with Gasteiger partial charge in [-0.3, -0.25) is 0 Å². The molecule has 3 heteroatoms. The Morgan fingerprint density at radius 3 is 2.15 bits per heavy atom. The second-order valence-corrected chi connectivity index (χ2v) is 7.29. The van der Waals surface area contributed by atoms with Crippen LogP contribution < -0.4 is 0 Å². The molecule has 13 heavy (non-hydrogen) atoms. The van der Waals surface area contributed by atoms with Gasteiger partial charge in [0.15, 0.2) is 9.04 Å². The number of hydrogen-bond donors (Lipinski definition) is 0. The largest absolute Gasteiger partial charge is 0.416 e. The minimum Gasteiger partial charge on any atom is -0.416 e. The number of allylic oxidation sites excluding steroid dienone is 1. The summed E-state index contributed by atoms with van der Waals surface area (Å²) < 4.78 is 5.97. The van der Waals surface area contributed by atoms with Gasteiger partial charge in [0.1, 0.15) is 0 Å². The fourth-order valence-electron chi connectivity index (χ4n) is 1.21. The number of halogens is 1. The molecule has 0 radical (unpaired) electrons. The highest BCUT2D eigenvalue weighted by Gasteiger charge is 2.21. The molecule has 2 unspecified atom stereocenters. The molecule has 0 saturated carbocycles. The van der Waals surface area contributed by atoms with Crippen molar-refractivity contribution < 1.29 is 4.43 Å². The van der Waals surface area contributed by atoms with Gasteiger partial charge in [0.25, 0.3) is 0 Å². The first-order valence-corrected chi connectivity index (χ1v) is 8.61. The second-order valence-electron chi connectivity index (χ2n) is 3.86. The molecule has 0 heterocycles. The Bertz CT molecular complexity index is 157. The quantitative estimate of drug-likeness (QED) is 0.421. The van der Waals surface area contributed by atoms with Gasteiger partial charge in [0.05, 0.1) is 10.9 Å². The Hall–Kier alpha value is 0.397. The van der Waals surface area contributed by atoms with Crippen LogP contribution in [0.5, 0.6) is 0 Å². The molecular weight excluding hydrogens is 244 g/mol. The van der Waals surface area contributed by atoms with E-state index in [2.05, 4.69) is 55.0 Å². The molecule has 0 aromatic heterocycles. The maximum Gasteiger partial charge on any atom is 0.171 e. The van der Waals surface area contributed by atoms with Gasteiger partial charge in [-0.25, -0.2) is 0 Å². The topological polar surface area (TPSA) is 9.23 Å². The Kier molecular flexibility index (Phi) is 7.00. The predicted molar refractivity (Wildman–Crippen MR) is 66.1 cm³/mol. The SMILES string of the molecule is CC=CC(Br)C(O[SiH](C)C)C(C)C. The van der Waals surface area contributed by atoms with E-state index in [1.165, 1.54) is 0 Å². The lowest BCUT2D eigenvalue weighted by Gasteiger charge is -2.26. The third kappa shape index (κ3) is 5.65. The van der Waals surface area contributed by atoms with Crippen LogP contribution in [0.1, 0.15) is 20.8 Å². The molecule has 0 aliphatic heterocycles. The second kappa shape index (κ2) is 6.79. The molecule has 0 aromatic rings. The highest BCUT2D eigenvalue weighted by Crippen LogP contribution is 2.19. The maximum atomic E-state index is 5.97. The van der Waals surface area contributed by atoms with E-state index in [1.54, 1.807) is 0 Å². The van der Waals surface area contributed by atoms with Gasteiger partial charge in [0.2, 0.25) is 0 Å². The fraction of sp³-hybridized carbons (Fsp3) is 0.800. The molecule has 0 amide bonds. The van der Waals surface area contributed by atoms with E-state index >= 15 is 0 Å². The molecule has 2 atom stereocenters. The number of alkyl halides is 1. The van der Waals surface area contributed by atoms with Crippen LogP contribution in [0.3, 0.4) is 0 Å². The van der Waals surface area contributed by atoms with Gasteiger partial charge in [-0.1, -0.05) is 41.9 Å². The van der Waals surface area contributed by atoms with Crippen molar-refractivity contribution in [3.63, 3.8) is 0 Å². The molecule has 0 saturated heterocycles. The van der Waals surface area contributed by atoms with Crippen molar-refractivity contribution in [1.29, 1.82) is 0 Å². The van der Waals surface area contributed by atoms with Crippen LogP contribution in [0.2, 0.25) is 13.1 Å². The van der Waals surface area contributed by atoms with E-state index in [1.807, 2.05) is 6.92 Å². The Labute approximate surface area is 92.4 Å². The van der Waals surface area contributed by atoms with E-state index in [9.17, 15) is 0 Å². The summed E-state index contributed by atoms with van der Waals surface area (Å²) in [5.41, 5.74) is 0. The highest BCUT2D eigenvalue weighted by molar-refractivity contribution is 9.09. The van der Waals surface area contributed by atoms with Crippen LogP contribution in [-0.2, 0) is 4.43 Å². The van der Waals surface area contributed by atoms with E-state index in [0.29, 0.717) is 16.8 Å². The number of rotatable bonds is 5. The van der Waals surface area contributed by atoms with Crippen LogP contribution in [0.4, 0.5) is 0 Å². The summed E-state index contributed by atoms with van der Waals surface area (Å²) in [5, 5.41) is 0. The standard InChI is InChI=1S/C10H21BrOSi/c1-6-7-9(11)10(8(2)3)12-13(4)5/h6-10,13H,1-5H3. The summed E-state index contributed by atoms with van der Waals surface area (Å²) in [7, 11) is -0.930. The third-order valence-electron chi connectivity index (χ3n) is 1.78. The monoisotopic (exact) mass is 264 g/mol. The lowest BCUT2D eigenvalue weighted by molar-refractivity contribution is 0.162. The van der Waals surface area contributed by atoms with Crippen molar-refractivity contribution in [2.75, 3.05) is 0 Å². The molecule has 0 bridgehead atoms. The minimum absolute atomic E-state index is 0.322. The van der Waals surface area contributed by atoms with Crippen LogP contribution in [0, 0.1) is 5.92 Å². The maximum absolute atomic E-state index is 5.97.